The van der Waals surface area contributed by atoms with Crippen molar-refractivity contribution in [3.63, 3.8) is 0 Å². The Bertz CT molecular complexity index is 663. The van der Waals surface area contributed by atoms with Crippen molar-refractivity contribution in [2.45, 2.75) is 41.2 Å². The van der Waals surface area contributed by atoms with Crippen LogP contribution in [0.25, 0.3) is 20.9 Å². The van der Waals surface area contributed by atoms with E-state index < -0.39 is 52.7 Å². The highest BCUT2D eigenvalue weighted by molar-refractivity contribution is 6.76. The molecule has 0 amide bonds. The molecule has 0 saturated carbocycles. The van der Waals surface area contributed by atoms with Crippen LogP contribution in [0.3, 0.4) is 0 Å². The quantitative estimate of drug-likeness (QED) is 0.132. The molecule has 1 aliphatic heterocycles. The molecule has 0 aromatic heterocycles. The summed E-state index contributed by atoms with van der Waals surface area (Å²) in [6.45, 7) is 0.179. The molecule has 1 heterocycles. The Kier molecular flexibility index (Phi) is 7.51. The molecule has 1 fully saturated rings. The van der Waals surface area contributed by atoms with Crippen molar-refractivity contribution < 1.29 is 27.8 Å². The van der Waals surface area contributed by atoms with Gasteiger partial charge in [0.25, 0.3) is 3.79 Å². The lowest BCUT2D eigenvalue weighted by atomic mass is 9.95. The maximum atomic E-state index is 14.7. The molecule has 1 N–H and O–H groups in total. The maximum absolute atomic E-state index is 14.7. The van der Waals surface area contributed by atoms with Gasteiger partial charge in [-0.05, 0) is 11.1 Å². The molecule has 0 aromatic rings. The van der Waals surface area contributed by atoms with Gasteiger partial charge in [0.15, 0.2) is 12.1 Å². The lowest BCUT2D eigenvalue weighted by Crippen LogP contribution is -2.64. The molecule has 0 aliphatic carbocycles. The number of carbonyl (C=O) groups is 1. The van der Waals surface area contributed by atoms with Crippen LogP contribution in [0, 0.1) is 5.41 Å². The first-order valence-electron chi connectivity index (χ1n) is 6.53. The standard InChI is InChI=1S/C10H10Cl3F2N7O4/c1-3(23)24-6-4(2-19-21-17)25-7(26-8(16)10(11,12)13)5(20-22-18)9(6,14)15/h4-7,16H,2H2,1H3/t4-,5?,6-,7?/m1/s1. The second-order valence-electron chi connectivity index (χ2n) is 4.76. The summed E-state index contributed by atoms with van der Waals surface area (Å²) in [6.07, 6.45) is -6.04. The van der Waals surface area contributed by atoms with Crippen molar-refractivity contribution in [2.75, 3.05) is 6.54 Å². The van der Waals surface area contributed by atoms with E-state index in [9.17, 15) is 13.6 Å². The highest BCUT2D eigenvalue weighted by atomic mass is 35.6. The summed E-state index contributed by atoms with van der Waals surface area (Å²) >= 11 is 16.2. The Morgan fingerprint density at radius 3 is 2.42 bits per heavy atom. The molecule has 0 spiro atoms. The first-order chi connectivity index (χ1) is 11.9. The Morgan fingerprint density at radius 2 is 1.96 bits per heavy atom. The first-order valence-corrected chi connectivity index (χ1v) is 7.66. The zero-order chi connectivity index (χ0) is 20.1. The molecule has 2 unspecified atom stereocenters. The average Bonchev–Trinajstić information content (AvgIpc) is 2.51. The molecule has 1 rings (SSSR count). The van der Waals surface area contributed by atoms with E-state index in [2.05, 4.69) is 24.8 Å². The van der Waals surface area contributed by atoms with E-state index in [0.717, 1.165) is 6.92 Å². The summed E-state index contributed by atoms with van der Waals surface area (Å²) in [6, 6.07) is -2.38. The average molecular weight is 437 g/mol. The molecule has 1 aliphatic rings. The van der Waals surface area contributed by atoms with Crippen LogP contribution in [-0.2, 0) is 19.0 Å². The lowest BCUT2D eigenvalue weighted by molar-refractivity contribution is -0.289. The number of ether oxygens (including phenoxy) is 3. The van der Waals surface area contributed by atoms with E-state index in [1.54, 1.807) is 0 Å². The number of hydrogen-bond acceptors (Lipinski definition) is 7. The second-order valence-corrected chi connectivity index (χ2v) is 7.04. The molecule has 144 valence electrons. The summed E-state index contributed by atoms with van der Waals surface area (Å²) in [7, 11) is 0. The fraction of sp³-hybridized carbons (Fsp3) is 0.800. The smallest absolute Gasteiger partial charge is 0.303 e. The van der Waals surface area contributed by atoms with Gasteiger partial charge in [0, 0.05) is 16.7 Å². The van der Waals surface area contributed by atoms with Gasteiger partial charge in [-0.25, -0.2) is 8.78 Å². The number of nitrogens with zero attached hydrogens (tertiary/aromatic N) is 6. The molecular weight excluding hydrogens is 427 g/mol. The van der Waals surface area contributed by atoms with Crippen LogP contribution in [-0.4, -0.2) is 52.7 Å². The van der Waals surface area contributed by atoms with Crippen molar-refractivity contribution in [1.82, 2.24) is 0 Å². The highest BCUT2D eigenvalue weighted by Gasteiger charge is 2.61. The third-order valence-electron chi connectivity index (χ3n) is 2.96. The minimum atomic E-state index is -4.02. The number of rotatable bonds is 5. The fourth-order valence-electron chi connectivity index (χ4n) is 1.97. The molecule has 0 radical (unpaired) electrons. The van der Waals surface area contributed by atoms with Gasteiger partial charge in [-0.3, -0.25) is 10.2 Å². The van der Waals surface area contributed by atoms with Crippen LogP contribution in [0.2, 0.25) is 0 Å². The molecule has 0 bridgehead atoms. The molecule has 26 heavy (non-hydrogen) atoms. The van der Waals surface area contributed by atoms with E-state index in [1.807, 2.05) is 0 Å². The third kappa shape index (κ3) is 5.37. The van der Waals surface area contributed by atoms with Crippen molar-refractivity contribution in [3.05, 3.63) is 20.9 Å². The van der Waals surface area contributed by atoms with Gasteiger partial charge in [0.1, 0.15) is 6.10 Å². The molecule has 1 saturated heterocycles. The summed E-state index contributed by atoms with van der Waals surface area (Å²) in [5, 5.41) is 13.4. The van der Waals surface area contributed by atoms with Gasteiger partial charge in [-0.1, -0.05) is 45.0 Å². The van der Waals surface area contributed by atoms with Crippen LogP contribution in [0.4, 0.5) is 8.78 Å². The molecule has 0 aromatic carbocycles. The summed E-state index contributed by atoms with van der Waals surface area (Å²) in [5.74, 6) is -6.20. The number of carbonyl (C=O) groups excluding carboxylic acids is 1. The zero-order valence-electron chi connectivity index (χ0n) is 12.7. The summed E-state index contributed by atoms with van der Waals surface area (Å²) in [5.41, 5.74) is 16.9. The van der Waals surface area contributed by atoms with Crippen LogP contribution >= 0.6 is 34.8 Å². The van der Waals surface area contributed by atoms with Crippen LogP contribution < -0.4 is 0 Å². The van der Waals surface area contributed by atoms with Gasteiger partial charge in [-0.2, -0.15) is 0 Å². The van der Waals surface area contributed by atoms with Gasteiger partial charge in [0.05, 0.1) is 6.54 Å². The number of halogens is 5. The van der Waals surface area contributed by atoms with E-state index in [-0.39, 0.29) is 0 Å². The molecular formula is C10H10Cl3F2N7O4. The number of alkyl halides is 5. The van der Waals surface area contributed by atoms with Gasteiger partial charge in [0.2, 0.25) is 12.2 Å². The Balaban J connectivity index is 3.29. The lowest BCUT2D eigenvalue weighted by Gasteiger charge is -2.43. The minimum absolute atomic E-state index is 0.687. The number of azide groups is 2. The van der Waals surface area contributed by atoms with Crippen molar-refractivity contribution in [2.24, 2.45) is 10.2 Å². The molecule has 16 heteroatoms. The second kappa shape index (κ2) is 8.76. The van der Waals surface area contributed by atoms with E-state index in [1.165, 1.54) is 0 Å². The van der Waals surface area contributed by atoms with Crippen molar-refractivity contribution in [1.29, 1.82) is 5.41 Å². The van der Waals surface area contributed by atoms with Crippen LogP contribution in [0.15, 0.2) is 10.2 Å². The third-order valence-corrected chi connectivity index (χ3v) is 3.48. The Morgan fingerprint density at radius 1 is 1.35 bits per heavy atom. The van der Waals surface area contributed by atoms with Crippen molar-refractivity contribution in [3.8, 4) is 0 Å². The molecule has 4 atom stereocenters. The van der Waals surface area contributed by atoms with Crippen LogP contribution in [0.1, 0.15) is 6.92 Å². The zero-order valence-corrected chi connectivity index (χ0v) is 15.0. The van der Waals surface area contributed by atoms with Gasteiger partial charge in [-0.15, -0.1) is 0 Å². The monoisotopic (exact) mass is 435 g/mol. The highest BCUT2D eigenvalue weighted by Crippen LogP contribution is 2.40. The largest absolute Gasteiger partial charge is 0.453 e. The van der Waals surface area contributed by atoms with E-state index in [0.29, 0.717) is 0 Å². The predicted octanol–water partition coefficient (Wildman–Crippen LogP) is 3.63. The molecule has 11 nitrogen and oxygen atoms in total. The van der Waals surface area contributed by atoms with Gasteiger partial charge >= 0.3 is 11.9 Å². The predicted molar refractivity (Wildman–Crippen MR) is 85.2 cm³/mol. The Hall–Kier alpha value is -1.75. The van der Waals surface area contributed by atoms with E-state index >= 15 is 0 Å². The minimum Gasteiger partial charge on any atom is -0.453 e. The number of nitrogens with one attached hydrogen (secondary N) is 1. The number of esters is 1. The fourth-order valence-corrected chi connectivity index (χ4v) is 2.10. The summed E-state index contributed by atoms with van der Waals surface area (Å²) in [4.78, 5) is 15.8. The van der Waals surface area contributed by atoms with Crippen molar-refractivity contribution >= 4 is 46.7 Å². The SMILES string of the molecule is CC(=O)O[C@@H]1[C@@H](CN=[N+]=[N-])OC(OC(=N)C(Cl)(Cl)Cl)C(N=[N+]=[N-])C1(F)F. The topological polar surface area (TPSA) is 166 Å². The normalized spacial score (nSPS) is 27.5. The number of hydrogen-bond donors (Lipinski definition) is 1. The van der Waals surface area contributed by atoms with E-state index in [4.69, 9.17) is 60.7 Å². The first kappa shape index (κ1) is 22.3. The van der Waals surface area contributed by atoms with Gasteiger partial charge < -0.3 is 14.2 Å². The maximum Gasteiger partial charge on any atom is 0.303 e. The Labute approximate surface area is 159 Å². The summed E-state index contributed by atoms with van der Waals surface area (Å²) < 4.78 is 41.5. The van der Waals surface area contributed by atoms with Crippen LogP contribution in [0.5, 0.6) is 0 Å².